The Morgan fingerprint density at radius 2 is 0.903 bits per heavy atom. The Kier molecular flexibility index (Phi) is 26.7. The highest BCUT2D eigenvalue weighted by atomic mass is 28.4. The van der Waals surface area contributed by atoms with Crippen LogP contribution in [-0.2, 0) is 41.8 Å². The van der Waals surface area contributed by atoms with Crippen LogP contribution in [0.2, 0.25) is 6.55 Å². The zero-order valence-corrected chi connectivity index (χ0v) is 39.4. The number of hydrogen-bond acceptors (Lipinski definition) is 14. The molecule has 0 radical (unpaired) electrons. The summed E-state index contributed by atoms with van der Waals surface area (Å²) in [6.45, 7) is 14.4. The van der Waals surface area contributed by atoms with Crippen molar-refractivity contribution in [3.63, 3.8) is 0 Å². The van der Waals surface area contributed by atoms with E-state index >= 15 is 0 Å². The Hall–Kier alpha value is -3.70. The van der Waals surface area contributed by atoms with Gasteiger partial charge in [0.1, 0.15) is 43.5 Å². The largest absolute Gasteiger partial charge is 0.497 e. The first-order chi connectivity index (χ1) is 29.5. The van der Waals surface area contributed by atoms with E-state index in [1.54, 1.807) is 55.6 Å². The Labute approximate surface area is 370 Å². The molecule has 2 aromatic carbocycles. The Bertz CT molecular complexity index is 1550. The second-order valence-electron chi connectivity index (χ2n) is 16.7. The summed E-state index contributed by atoms with van der Waals surface area (Å²) >= 11 is 0. The van der Waals surface area contributed by atoms with Crippen molar-refractivity contribution < 1.29 is 66.0 Å². The molecule has 0 spiro atoms. The van der Waals surface area contributed by atoms with Crippen molar-refractivity contribution in [1.29, 1.82) is 0 Å². The predicted molar refractivity (Wildman–Crippen MR) is 238 cm³/mol. The number of rotatable bonds is 36. The molecule has 0 amide bonds. The normalized spacial score (nSPS) is 12.7. The summed E-state index contributed by atoms with van der Waals surface area (Å²) in [6.07, 6.45) is 8.84. The van der Waals surface area contributed by atoms with Gasteiger partial charge < -0.3 is 46.8 Å². The number of benzene rings is 2. The van der Waals surface area contributed by atoms with Crippen LogP contribution in [0.5, 0.6) is 11.5 Å². The van der Waals surface area contributed by atoms with Gasteiger partial charge in [-0.05, 0) is 101 Å². The van der Waals surface area contributed by atoms with Gasteiger partial charge in [0.15, 0.2) is 11.6 Å². The molecule has 0 aliphatic rings. The molecule has 0 aliphatic heterocycles. The molecule has 0 aromatic heterocycles. The summed E-state index contributed by atoms with van der Waals surface area (Å²) in [4.78, 5) is 48.7. The highest BCUT2D eigenvalue weighted by Crippen LogP contribution is 2.23. The van der Waals surface area contributed by atoms with Crippen LogP contribution in [0.3, 0.4) is 0 Å². The fraction of sp³-hybridized carbons (Fsp3) is 0.660. The molecule has 14 nitrogen and oxygen atoms in total. The average Bonchev–Trinajstić information content (AvgIpc) is 3.23. The molecule has 0 saturated carbocycles. The highest BCUT2D eigenvalue weighted by molar-refractivity contribution is 6.59. The quantitative estimate of drug-likeness (QED) is 0.0299. The number of ether oxygens (including phenoxy) is 6. The van der Waals surface area contributed by atoms with E-state index in [-0.39, 0.29) is 43.3 Å². The molecule has 1 atom stereocenters. The van der Waals surface area contributed by atoms with Crippen LogP contribution in [0, 0.1) is 5.41 Å². The first kappa shape index (κ1) is 54.4. The maximum absolute atomic E-state index is 12.4. The monoisotopic (exact) mass is 890 g/mol. The molecular formula is C47H74O14Si. The number of Topliss-reactive ketones (excluding diaryl/α,β-unsaturated/α-hetero) is 2. The summed E-state index contributed by atoms with van der Waals surface area (Å²) in [7, 11) is -1.37. The van der Waals surface area contributed by atoms with Gasteiger partial charge in [-0.3, -0.25) is 19.2 Å². The molecule has 62 heavy (non-hydrogen) atoms. The standard InChI is InChI=1S/C47H74O14Si/c1-46(2,3)44(50)38-20-24-41(25-21-38)56-36-37-58-43(49)19-13-11-17-31-61-62(7,60-30-16-10-12-18-42(48)57-34-32-53-6)59-29-15-9-8-14-28-54-33-35-55-40-26-22-39(23-27-40)45(51)47(4,5)52/h20-27,52H,8-19,28-37H2,1-7H3. The number of unbranched alkanes of at least 4 members (excludes halogenated alkanes) is 7. The van der Waals surface area contributed by atoms with Crippen molar-refractivity contribution in [3.8, 4) is 11.5 Å². The lowest BCUT2D eigenvalue weighted by Gasteiger charge is -2.26. The number of ketones is 2. The van der Waals surface area contributed by atoms with Gasteiger partial charge in [-0.2, -0.15) is 0 Å². The van der Waals surface area contributed by atoms with Crippen LogP contribution in [0.1, 0.15) is 132 Å². The van der Waals surface area contributed by atoms with Crippen LogP contribution >= 0.6 is 0 Å². The number of carbonyl (C=O) groups is 4. The minimum Gasteiger partial charge on any atom is -0.491 e. The topological polar surface area (TPSA) is 172 Å². The van der Waals surface area contributed by atoms with E-state index < -0.39 is 19.8 Å². The van der Waals surface area contributed by atoms with E-state index in [1.807, 2.05) is 27.3 Å². The van der Waals surface area contributed by atoms with Gasteiger partial charge in [0.05, 0.1) is 13.2 Å². The first-order valence-corrected chi connectivity index (χ1v) is 24.3. The fourth-order valence-corrected chi connectivity index (χ4v) is 7.66. The van der Waals surface area contributed by atoms with Gasteiger partial charge in [0.2, 0.25) is 0 Å². The minimum absolute atomic E-state index is 0.0638. The molecule has 2 aromatic rings. The van der Waals surface area contributed by atoms with E-state index in [2.05, 4.69) is 0 Å². The van der Waals surface area contributed by atoms with E-state index in [0.717, 1.165) is 51.4 Å². The third kappa shape index (κ3) is 24.8. The lowest BCUT2D eigenvalue weighted by molar-refractivity contribution is -0.145. The van der Waals surface area contributed by atoms with Crippen LogP contribution in [0.15, 0.2) is 48.5 Å². The molecule has 0 saturated heterocycles. The molecule has 0 fully saturated rings. The lowest BCUT2D eigenvalue weighted by atomic mass is 9.86. The number of carbonyl (C=O) groups excluding carboxylic acids is 4. The van der Waals surface area contributed by atoms with Crippen molar-refractivity contribution in [1.82, 2.24) is 0 Å². The van der Waals surface area contributed by atoms with E-state index in [1.165, 1.54) is 13.8 Å². The fourth-order valence-electron chi connectivity index (χ4n) is 5.86. The van der Waals surface area contributed by atoms with Crippen molar-refractivity contribution >= 4 is 32.3 Å². The molecule has 2 rings (SSSR count). The predicted octanol–water partition coefficient (Wildman–Crippen LogP) is 8.38. The van der Waals surface area contributed by atoms with Gasteiger partial charge in [0.25, 0.3) is 0 Å². The third-order valence-corrected chi connectivity index (χ3v) is 11.6. The maximum Gasteiger partial charge on any atom is 0.497 e. The van der Waals surface area contributed by atoms with Gasteiger partial charge in [-0.15, -0.1) is 0 Å². The van der Waals surface area contributed by atoms with E-state index in [4.69, 9.17) is 41.7 Å². The first-order valence-electron chi connectivity index (χ1n) is 22.1. The highest BCUT2D eigenvalue weighted by Gasteiger charge is 2.34. The van der Waals surface area contributed by atoms with Crippen LogP contribution in [0.25, 0.3) is 0 Å². The summed E-state index contributed by atoms with van der Waals surface area (Å²) in [5.74, 6) is 0.455. The van der Waals surface area contributed by atoms with Gasteiger partial charge >= 0.3 is 20.7 Å². The summed E-state index contributed by atoms with van der Waals surface area (Å²) in [5, 5.41) is 9.91. The molecule has 0 bridgehead atoms. The maximum atomic E-state index is 12.4. The number of hydrogen-bond donors (Lipinski definition) is 1. The van der Waals surface area contributed by atoms with Crippen molar-refractivity contribution in [2.24, 2.45) is 5.41 Å². The lowest BCUT2D eigenvalue weighted by Crippen LogP contribution is -2.43. The zero-order valence-electron chi connectivity index (χ0n) is 38.4. The molecule has 1 unspecified atom stereocenters. The van der Waals surface area contributed by atoms with Crippen molar-refractivity contribution in [2.75, 3.05) is 73.2 Å². The van der Waals surface area contributed by atoms with Crippen molar-refractivity contribution in [3.05, 3.63) is 59.7 Å². The average molecular weight is 891 g/mol. The molecule has 15 heteroatoms. The Balaban J connectivity index is 1.63. The Morgan fingerprint density at radius 3 is 1.34 bits per heavy atom. The van der Waals surface area contributed by atoms with E-state index in [0.29, 0.717) is 94.6 Å². The van der Waals surface area contributed by atoms with Gasteiger partial charge in [0, 0.05) is 69.5 Å². The smallest absolute Gasteiger partial charge is 0.491 e. The van der Waals surface area contributed by atoms with Crippen LogP contribution < -0.4 is 9.47 Å². The second kappa shape index (κ2) is 30.4. The molecule has 350 valence electrons. The van der Waals surface area contributed by atoms with Crippen LogP contribution in [0.4, 0.5) is 0 Å². The molecular weight excluding hydrogens is 817 g/mol. The van der Waals surface area contributed by atoms with Gasteiger partial charge in [-0.25, -0.2) is 0 Å². The van der Waals surface area contributed by atoms with Crippen LogP contribution in [-0.4, -0.2) is 116 Å². The molecule has 0 heterocycles. The van der Waals surface area contributed by atoms with Gasteiger partial charge in [-0.1, -0.05) is 46.5 Å². The number of aliphatic hydroxyl groups is 1. The summed E-state index contributed by atoms with van der Waals surface area (Å²) in [5.41, 5.74) is -0.813. The second-order valence-corrected chi connectivity index (χ2v) is 19.3. The summed E-state index contributed by atoms with van der Waals surface area (Å²) in [6, 6.07) is 13.7. The SMILES string of the molecule is COCCOC(=O)CCCCCO[Si](C)(OCCCCCCOCCOc1ccc(C(=O)C(C)(C)O)cc1)OCCCCCC(=O)OCCOc1ccc(C(=O)C(C)(C)C)cc1. The molecule has 1 N–H and O–H groups in total. The van der Waals surface area contributed by atoms with Crippen molar-refractivity contribution in [2.45, 2.75) is 124 Å². The Morgan fingerprint density at radius 1 is 0.500 bits per heavy atom. The number of esters is 2. The number of methoxy groups -OCH3 is 1. The molecule has 0 aliphatic carbocycles. The third-order valence-electron chi connectivity index (χ3n) is 9.46. The zero-order chi connectivity index (χ0) is 45.7. The van der Waals surface area contributed by atoms with E-state index in [9.17, 15) is 24.3 Å². The summed E-state index contributed by atoms with van der Waals surface area (Å²) < 4.78 is 51.2. The minimum atomic E-state index is -2.93.